The van der Waals surface area contributed by atoms with Crippen LogP contribution in [0.15, 0.2) is 12.2 Å². The van der Waals surface area contributed by atoms with Crippen molar-refractivity contribution >= 4 is 18.2 Å². The van der Waals surface area contributed by atoms with E-state index in [-0.39, 0.29) is 40.2 Å². The van der Waals surface area contributed by atoms with Crippen LogP contribution in [0.4, 0.5) is 0 Å². The highest BCUT2D eigenvalue weighted by Gasteiger charge is 2.67. The van der Waals surface area contributed by atoms with Crippen LogP contribution >= 0.6 is 0 Å². The second kappa shape index (κ2) is 9.69. The Morgan fingerprint density at radius 2 is 1.57 bits per heavy atom. The van der Waals surface area contributed by atoms with E-state index in [2.05, 4.69) is 41.2 Å². The monoisotopic (exact) mass is 554 g/mol. The Labute approximate surface area is 242 Å². The van der Waals surface area contributed by atoms with Crippen molar-refractivity contribution in [2.45, 2.75) is 125 Å². The third-order valence-corrected chi connectivity index (χ3v) is 13.9. The van der Waals surface area contributed by atoms with Gasteiger partial charge in [0.05, 0.1) is 11.8 Å². The van der Waals surface area contributed by atoms with E-state index in [1.54, 1.807) is 13.8 Å². The zero-order chi connectivity index (χ0) is 29.5. The molecule has 10 atom stereocenters. The van der Waals surface area contributed by atoms with E-state index in [0.29, 0.717) is 35.5 Å². The maximum absolute atomic E-state index is 12.9. The molecule has 5 fully saturated rings. The number of allylic oxidation sites excluding steroid dienone is 1. The Bertz CT molecular complexity index is 1070. The highest BCUT2D eigenvalue weighted by Crippen LogP contribution is 2.73. The average molecular weight is 555 g/mol. The number of hydrogen-bond donors (Lipinski definition) is 1. The first-order chi connectivity index (χ1) is 18.5. The van der Waals surface area contributed by atoms with Gasteiger partial charge in [0.15, 0.2) is 0 Å². The van der Waals surface area contributed by atoms with Crippen molar-refractivity contribution in [3.05, 3.63) is 12.2 Å². The lowest BCUT2D eigenvalue weighted by Crippen LogP contribution is -2.63. The van der Waals surface area contributed by atoms with Crippen molar-refractivity contribution in [2.24, 2.45) is 62.6 Å². The van der Waals surface area contributed by atoms with Crippen LogP contribution in [0.2, 0.25) is 0 Å². The Hall–Kier alpha value is -1.65. The highest BCUT2D eigenvalue weighted by molar-refractivity contribution is 5.81. The fraction of sp³-hybridized carbons (Fsp3) is 0.857. The Kier molecular flexibility index (Phi) is 7.23. The number of fused-ring (bicyclic) bond motifs is 7. The molecule has 1 N–H and O–H groups in total. The average Bonchev–Trinajstić information content (AvgIpc) is 3.26. The number of ether oxygens (including phenoxy) is 1. The maximum atomic E-state index is 12.9. The number of aliphatic carboxylic acids is 1. The first-order valence-corrected chi connectivity index (χ1v) is 16.1. The summed E-state index contributed by atoms with van der Waals surface area (Å²) in [6.07, 6.45) is 12.2. The van der Waals surface area contributed by atoms with Crippen molar-refractivity contribution in [3.63, 3.8) is 0 Å². The summed E-state index contributed by atoms with van der Waals surface area (Å²) in [5.74, 6) is 1.97. The minimum Gasteiger partial charge on any atom is -0.481 e. The number of carboxylic acid groups (broad SMARTS) is 1. The maximum Gasteiger partial charge on any atom is 0.309 e. The predicted octanol–water partition coefficient (Wildman–Crippen LogP) is 7.87. The first-order valence-electron chi connectivity index (χ1n) is 16.1. The molecule has 0 heterocycles. The summed E-state index contributed by atoms with van der Waals surface area (Å²) in [5, 5.41) is 9.49. The fourth-order valence-corrected chi connectivity index (χ4v) is 11.9. The number of carbonyl (C=O) groups excluding carboxylic acids is 2. The smallest absolute Gasteiger partial charge is 0.309 e. The minimum atomic E-state index is -1.13. The molecule has 0 unspecified atom stereocenters. The topological polar surface area (TPSA) is 80.7 Å². The van der Waals surface area contributed by atoms with Crippen LogP contribution in [0.5, 0.6) is 0 Å². The number of aldehydes is 1. The summed E-state index contributed by atoms with van der Waals surface area (Å²) < 4.78 is 6.10. The normalized spacial score (nSPS) is 45.7. The molecule has 0 bridgehead atoms. The lowest BCUT2D eigenvalue weighted by molar-refractivity contribution is -0.222. The summed E-state index contributed by atoms with van der Waals surface area (Å²) in [6.45, 7) is 19.5. The van der Waals surface area contributed by atoms with E-state index >= 15 is 0 Å². The van der Waals surface area contributed by atoms with Crippen LogP contribution in [0.1, 0.15) is 119 Å². The van der Waals surface area contributed by atoms with Crippen molar-refractivity contribution in [1.29, 1.82) is 0 Å². The van der Waals surface area contributed by atoms with E-state index in [9.17, 15) is 19.5 Å². The molecule has 5 nitrogen and oxygen atoms in total. The molecule has 5 heteroatoms. The van der Waals surface area contributed by atoms with Gasteiger partial charge in [0, 0.05) is 10.8 Å². The van der Waals surface area contributed by atoms with E-state index < -0.39 is 11.4 Å². The van der Waals surface area contributed by atoms with Gasteiger partial charge in [-0.15, -0.1) is 0 Å². The SMILES string of the molecule is C=C(C)[C@@H]1CC[C@]2(C=O)CC[C@@H]3[C@H](CC[C@H]4[C@@]3(C)CC[C@H]3C(C)(C)[C@@H](OC(=O)CC(C)(C)C(=O)O)CC[C@]43C)[C@@H]12. The summed E-state index contributed by atoms with van der Waals surface area (Å²) >= 11 is 0. The molecule has 5 aliphatic carbocycles. The molecule has 40 heavy (non-hydrogen) atoms. The minimum absolute atomic E-state index is 0.102. The quantitative estimate of drug-likeness (QED) is 0.205. The lowest BCUT2D eigenvalue weighted by Gasteiger charge is -2.69. The molecule has 5 rings (SSSR count). The largest absolute Gasteiger partial charge is 0.481 e. The van der Waals surface area contributed by atoms with Gasteiger partial charge in [-0.3, -0.25) is 9.59 Å². The zero-order valence-corrected chi connectivity index (χ0v) is 26.2. The summed E-state index contributed by atoms with van der Waals surface area (Å²) in [5.41, 5.74) is 0.320. The van der Waals surface area contributed by atoms with Gasteiger partial charge in [-0.05, 0) is 131 Å². The van der Waals surface area contributed by atoms with Crippen molar-refractivity contribution < 1.29 is 24.2 Å². The molecule has 0 spiro atoms. The number of carboxylic acids is 1. The third kappa shape index (κ3) is 4.25. The molecule has 0 radical (unpaired) electrons. The zero-order valence-electron chi connectivity index (χ0n) is 26.2. The number of carbonyl (C=O) groups is 3. The van der Waals surface area contributed by atoms with Crippen LogP contribution in [-0.4, -0.2) is 29.4 Å². The number of hydrogen-bond acceptors (Lipinski definition) is 4. The molecular weight excluding hydrogens is 500 g/mol. The molecule has 0 aromatic rings. The van der Waals surface area contributed by atoms with Crippen LogP contribution in [-0.2, 0) is 19.1 Å². The van der Waals surface area contributed by atoms with E-state index in [0.717, 1.165) is 38.5 Å². The van der Waals surface area contributed by atoms with Gasteiger partial charge < -0.3 is 14.6 Å². The fourth-order valence-electron chi connectivity index (χ4n) is 11.9. The highest BCUT2D eigenvalue weighted by atomic mass is 16.5. The number of rotatable bonds is 6. The van der Waals surface area contributed by atoms with Gasteiger partial charge in [0.25, 0.3) is 0 Å². The Morgan fingerprint density at radius 3 is 2.20 bits per heavy atom. The molecule has 0 amide bonds. The van der Waals surface area contributed by atoms with Crippen molar-refractivity contribution in [3.8, 4) is 0 Å². The van der Waals surface area contributed by atoms with Crippen LogP contribution in [0.3, 0.4) is 0 Å². The molecule has 0 aromatic heterocycles. The van der Waals surface area contributed by atoms with Gasteiger partial charge in [-0.25, -0.2) is 0 Å². The number of esters is 1. The summed E-state index contributed by atoms with van der Waals surface area (Å²) in [7, 11) is 0. The standard InChI is InChI=1S/C35H54O5/c1-21(2)22-11-17-35(20-36)18-12-24-23(29(22)35)9-10-26-33(24,7)15-13-25-32(5,6)27(14-16-34(25,26)8)40-28(37)19-31(3,4)30(38)39/h20,22-27,29H,1,9-19H2,2-8H3,(H,38,39)/t22-,23-,24+,25-,26-,27-,29+,33-,34-,35+/m0/s1. The van der Waals surface area contributed by atoms with Gasteiger partial charge >= 0.3 is 11.9 Å². The molecule has 5 aliphatic rings. The molecule has 5 saturated carbocycles. The third-order valence-electron chi connectivity index (χ3n) is 13.9. The van der Waals surface area contributed by atoms with Crippen LogP contribution < -0.4 is 0 Å². The molecule has 0 saturated heterocycles. The van der Waals surface area contributed by atoms with Crippen LogP contribution in [0, 0.1) is 62.6 Å². The van der Waals surface area contributed by atoms with Crippen molar-refractivity contribution in [2.75, 3.05) is 0 Å². The Morgan fingerprint density at radius 1 is 0.925 bits per heavy atom. The molecule has 224 valence electrons. The van der Waals surface area contributed by atoms with Gasteiger partial charge in [-0.2, -0.15) is 0 Å². The predicted molar refractivity (Wildman–Crippen MR) is 156 cm³/mol. The van der Waals surface area contributed by atoms with Crippen molar-refractivity contribution in [1.82, 2.24) is 0 Å². The second-order valence-corrected chi connectivity index (χ2v) is 16.6. The van der Waals surface area contributed by atoms with E-state index in [1.165, 1.54) is 37.5 Å². The molecule has 0 aliphatic heterocycles. The lowest BCUT2D eigenvalue weighted by atomic mass is 9.36. The first kappa shape index (κ1) is 29.8. The molecule has 0 aromatic carbocycles. The molecular formula is C35H54O5. The summed E-state index contributed by atoms with van der Waals surface area (Å²) in [4.78, 5) is 37.1. The second-order valence-electron chi connectivity index (χ2n) is 16.6. The van der Waals surface area contributed by atoms with Gasteiger partial charge in [0.2, 0.25) is 0 Å². The van der Waals surface area contributed by atoms with E-state index in [1.807, 2.05) is 0 Å². The van der Waals surface area contributed by atoms with E-state index in [4.69, 9.17) is 4.74 Å². The van der Waals surface area contributed by atoms with Gasteiger partial charge in [0.1, 0.15) is 12.4 Å². The van der Waals surface area contributed by atoms with Gasteiger partial charge in [-0.1, -0.05) is 39.8 Å². The van der Waals surface area contributed by atoms with Crippen LogP contribution in [0.25, 0.3) is 0 Å². The Balaban J connectivity index is 1.38. The summed E-state index contributed by atoms with van der Waals surface area (Å²) in [6, 6.07) is 0.